The molecule has 1 amide bonds. The van der Waals surface area contributed by atoms with Gasteiger partial charge in [-0.1, -0.05) is 12.2 Å². The summed E-state index contributed by atoms with van der Waals surface area (Å²) in [7, 11) is 1.70. The van der Waals surface area contributed by atoms with Crippen LogP contribution in [0, 0.1) is 0 Å². The van der Waals surface area contributed by atoms with E-state index in [2.05, 4.69) is 0 Å². The van der Waals surface area contributed by atoms with Gasteiger partial charge in [-0.05, 0) is 13.8 Å². The quantitative estimate of drug-likeness (QED) is 0.486. The Morgan fingerprint density at radius 2 is 2.06 bits per heavy atom. The molecule has 2 N–H and O–H groups in total. The van der Waals surface area contributed by atoms with Crippen LogP contribution >= 0.6 is 12.2 Å². The molecule has 0 saturated heterocycles. The second-order valence-corrected chi connectivity index (χ2v) is 4.53. The lowest BCUT2D eigenvalue weighted by molar-refractivity contribution is -0.135. The Hall–Kier alpha value is -0.720. The molecular weight excluding hydrogens is 240 g/mol. The van der Waals surface area contributed by atoms with E-state index in [0.717, 1.165) is 0 Å². The van der Waals surface area contributed by atoms with E-state index >= 15 is 0 Å². The number of carbonyl (C=O) groups excluding carboxylic acids is 1. The van der Waals surface area contributed by atoms with Crippen LogP contribution in [0.4, 0.5) is 0 Å². The molecule has 6 heteroatoms. The molecule has 0 fully saturated rings. The molecule has 0 aromatic carbocycles. The van der Waals surface area contributed by atoms with E-state index in [1.54, 1.807) is 11.9 Å². The van der Waals surface area contributed by atoms with Crippen molar-refractivity contribution in [2.75, 3.05) is 33.4 Å². The van der Waals surface area contributed by atoms with Crippen LogP contribution in [0.15, 0.2) is 0 Å². The molecule has 100 valence electrons. The van der Waals surface area contributed by atoms with Crippen LogP contribution < -0.4 is 5.73 Å². The van der Waals surface area contributed by atoms with E-state index < -0.39 is 0 Å². The molecular formula is C11H22N2O3S. The lowest BCUT2D eigenvalue weighted by Gasteiger charge is -2.16. The highest BCUT2D eigenvalue weighted by molar-refractivity contribution is 7.80. The molecule has 0 aliphatic carbocycles. The minimum absolute atomic E-state index is 0.0648. The predicted octanol–water partition coefficient (Wildman–Crippen LogP) is 0.563. The van der Waals surface area contributed by atoms with E-state index in [1.807, 2.05) is 13.8 Å². The molecule has 0 aromatic rings. The highest BCUT2D eigenvalue weighted by atomic mass is 32.1. The minimum Gasteiger partial charge on any atom is -0.393 e. The highest BCUT2D eigenvalue weighted by Gasteiger charge is 2.08. The van der Waals surface area contributed by atoms with Crippen LogP contribution in [-0.4, -0.2) is 55.3 Å². The van der Waals surface area contributed by atoms with Gasteiger partial charge in [-0.25, -0.2) is 0 Å². The average molecular weight is 262 g/mol. The van der Waals surface area contributed by atoms with E-state index in [4.69, 9.17) is 27.4 Å². The maximum Gasteiger partial charge on any atom is 0.248 e. The Bertz CT molecular complexity index is 247. The standard InChI is InChI=1S/C11H22N2O3S/c1-9(2)16-7-6-15-8-11(14)13(3)5-4-10(12)17/h9H,4-8H2,1-3H3,(H2,12,17). The molecule has 5 nitrogen and oxygen atoms in total. The summed E-state index contributed by atoms with van der Waals surface area (Å²) >= 11 is 4.74. The topological polar surface area (TPSA) is 64.8 Å². The highest BCUT2D eigenvalue weighted by Crippen LogP contribution is 1.92. The van der Waals surface area contributed by atoms with Gasteiger partial charge >= 0.3 is 0 Å². The zero-order valence-corrected chi connectivity index (χ0v) is 11.6. The van der Waals surface area contributed by atoms with Gasteiger partial charge in [-0.2, -0.15) is 0 Å². The Morgan fingerprint density at radius 1 is 1.41 bits per heavy atom. The first kappa shape index (κ1) is 16.3. The lowest BCUT2D eigenvalue weighted by Crippen LogP contribution is -2.33. The van der Waals surface area contributed by atoms with Crippen molar-refractivity contribution in [2.24, 2.45) is 5.73 Å². The molecule has 0 unspecified atom stereocenters. The molecule has 0 bridgehead atoms. The number of hydrogen-bond donors (Lipinski definition) is 1. The largest absolute Gasteiger partial charge is 0.393 e. The first-order chi connectivity index (χ1) is 7.93. The predicted molar refractivity (Wildman–Crippen MR) is 70.9 cm³/mol. The third-order valence-corrected chi connectivity index (χ3v) is 2.23. The van der Waals surface area contributed by atoms with Gasteiger partial charge in [0.1, 0.15) is 6.61 Å². The monoisotopic (exact) mass is 262 g/mol. The molecule has 0 radical (unpaired) electrons. The zero-order valence-electron chi connectivity index (χ0n) is 10.8. The molecule has 0 aliphatic heterocycles. The van der Waals surface area contributed by atoms with Crippen molar-refractivity contribution >= 4 is 23.1 Å². The summed E-state index contributed by atoms with van der Waals surface area (Å²) in [6.07, 6.45) is 0.719. The smallest absolute Gasteiger partial charge is 0.248 e. The van der Waals surface area contributed by atoms with Crippen molar-refractivity contribution in [3.05, 3.63) is 0 Å². The summed E-state index contributed by atoms with van der Waals surface area (Å²) < 4.78 is 10.5. The van der Waals surface area contributed by atoms with E-state index in [0.29, 0.717) is 31.2 Å². The fraction of sp³-hybridized carbons (Fsp3) is 0.818. The number of ether oxygens (including phenoxy) is 2. The first-order valence-corrected chi connectivity index (χ1v) is 6.06. The molecule has 0 rings (SSSR count). The van der Waals surface area contributed by atoms with Gasteiger partial charge in [0.05, 0.1) is 24.3 Å². The second-order valence-electron chi connectivity index (χ2n) is 4.00. The number of thiocarbonyl (C=S) groups is 1. The van der Waals surface area contributed by atoms with E-state index in [9.17, 15) is 4.79 Å². The minimum atomic E-state index is -0.0780. The molecule has 0 saturated carbocycles. The second kappa shape index (κ2) is 9.32. The van der Waals surface area contributed by atoms with Crippen LogP contribution in [0.5, 0.6) is 0 Å². The van der Waals surface area contributed by atoms with Crippen LogP contribution in [0.2, 0.25) is 0 Å². The van der Waals surface area contributed by atoms with Gasteiger partial charge in [0.25, 0.3) is 0 Å². The van der Waals surface area contributed by atoms with Gasteiger partial charge in [0.15, 0.2) is 0 Å². The first-order valence-electron chi connectivity index (χ1n) is 5.65. The fourth-order valence-corrected chi connectivity index (χ4v) is 1.11. The fourth-order valence-electron chi connectivity index (χ4n) is 1.02. The summed E-state index contributed by atoms with van der Waals surface area (Å²) in [5.41, 5.74) is 5.35. The molecule has 0 aromatic heterocycles. The summed E-state index contributed by atoms with van der Waals surface area (Å²) in [6, 6.07) is 0. The summed E-state index contributed by atoms with van der Waals surface area (Å²) in [5, 5.41) is 0. The summed E-state index contributed by atoms with van der Waals surface area (Å²) in [6.45, 7) is 5.42. The lowest BCUT2D eigenvalue weighted by atomic mass is 10.4. The zero-order chi connectivity index (χ0) is 13.3. The number of rotatable bonds is 9. The Kier molecular flexibility index (Phi) is 8.93. The number of carbonyl (C=O) groups is 1. The van der Waals surface area contributed by atoms with Crippen LogP contribution in [0.1, 0.15) is 20.3 Å². The van der Waals surface area contributed by atoms with Gasteiger partial charge in [0, 0.05) is 20.0 Å². The molecule has 0 spiro atoms. The number of likely N-dealkylation sites (N-methyl/N-ethyl adjacent to an activating group) is 1. The number of nitrogens with zero attached hydrogens (tertiary/aromatic N) is 1. The van der Waals surface area contributed by atoms with Crippen LogP contribution in [0.25, 0.3) is 0 Å². The van der Waals surface area contributed by atoms with E-state index in [-0.39, 0.29) is 18.6 Å². The Balaban J connectivity index is 3.53. The van der Waals surface area contributed by atoms with Crippen molar-refractivity contribution in [3.63, 3.8) is 0 Å². The molecule has 17 heavy (non-hydrogen) atoms. The Morgan fingerprint density at radius 3 is 2.59 bits per heavy atom. The molecule has 0 atom stereocenters. The maximum absolute atomic E-state index is 11.5. The maximum atomic E-state index is 11.5. The van der Waals surface area contributed by atoms with Crippen molar-refractivity contribution < 1.29 is 14.3 Å². The van der Waals surface area contributed by atoms with Gasteiger partial charge in [-0.3, -0.25) is 4.79 Å². The SMILES string of the molecule is CC(C)OCCOCC(=O)N(C)CCC(N)=S. The van der Waals surface area contributed by atoms with Crippen molar-refractivity contribution in [1.29, 1.82) is 0 Å². The van der Waals surface area contributed by atoms with Gasteiger partial charge in [0.2, 0.25) is 5.91 Å². The number of amides is 1. The van der Waals surface area contributed by atoms with Crippen LogP contribution in [-0.2, 0) is 14.3 Å². The van der Waals surface area contributed by atoms with Gasteiger partial charge < -0.3 is 20.1 Å². The normalized spacial score (nSPS) is 10.6. The van der Waals surface area contributed by atoms with Crippen molar-refractivity contribution in [3.8, 4) is 0 Å². The molecule has 0 aliphatic rings. The number of nitrogens with two attached hydrogens (primary N) is 1. The summed E-state index contributed by atoms with van der Waals surface area (Å²) in [5.74, 6) is -0.0780. The third kappa shape index (κ3) is 10.2. The number of hydrogen-bond acceptors (Lipinski definition) is 4. The summed E-state index contributed by atoms with van der Waals surface area (Å²) in [4.78, 5) is 13.5. The van der Waals surface area contributed by atoms with Crippen molar-refractivity contribution in [1.82, 2.24) is 4.90 Å². The molecule has 0 heterocycles. The van der Waals surface area contributed by atoms with Gasteiger partial charge in [-0.15, -0.1) is 0 Å². The van der Waals surface area contributed by atoms with Crippen LogP contribution in [0.3, 0.4) is 0 Å². The average Bonchev–Trinajstić information content (AvgIpc) is 2.24. The third-order valence-electron chi connectivity index (χ3n) is 2.02. The Labute approximate surface area is 108 Å². The van der Waals surface area contributed by atoms with Crippen molar-refractivity contribution in [2.45, 2.75) is 26.4 Å². The van der Waals surface area contributed by atoms with E-state index in [1.165, 1.54) is 0 Å².